The highest BCUT2D eigenvalue weighted by molar-refractivity contribution is 6.30. The van der Waals surface area contributed by atoms with Gasteiger partial charge in [0.05, 0.1) is 6.20 Å². The first-order valence-electron chi connectivity index (χ1n) is 10.8. The predicted octanol–water partition coefficient (Wildman–Crippen LogP) is 4.97. The molecule has 3 aromatic rings. The van der Waals surface area contributed by atoms with Gasteiger partial charge in [-0.25, -0.2) is 4.98 Å². The molecule has 1 N–H and O–H groups in total. The molecule has 0 spiro atoms. The van der Waals surface area contributed by atoms with Crippen LogP contribution in [0.15, 0.2) is 73.2 Å². The maximum Gasteiger partial charge on any atom is 0.279 e. The predicted molar refractivity (Wildman–Crippen MR) is 124 cm³/mol. The second kappa shape index (κ2) is 10.4. The molecule has 0 radical (unpaired) electrons. The number of hydrogen-bond donors (Lipinski definition) is 1. The van der Waals surface area contributed by atoms with Crippen LogP contribution in [0.3, 0.4) is 0 Å². The number of nitrogens with zero attached hydrogens (tertiary/aromatic N) is 3. The average molecular weight is 449 g/mol. The van der Waals surface area contributed by atoms with Crippen LogP contribution >= 0.6 is 11.6 Å². The first-order chi connectivity index (χ1) is 15.6. The van der Waals surface area contributed by atoms with Gasteiger partial charge in [0.15, 0.2) is 0 Å². The highest BCUT2D eigenvalue weighted by Crippen LogP contribution is 2.31. The fourth-order valence-electron chi connectivity index (χ4n) is 4.10. The molecular weight excluding hydrogens is 424 g/mol. The zero-order chi connectivity index (χ0) is 22.3. The maximum absolute atomic E-state index is 13.7. The molecule has 32 heavy (non-hydrogen) atoms. The van der Waals surface area contributed by atoms with Gasteiger partial charge in [0.25, 0.3) is 5.91 Å². The lowest BCUT2D eigenvalue weighted by Gasteiger charge is -2.33. The van der Waals surface area contributed by atoms with Gasteiger partial charge in [-0.2, -0.15) is 0 Å². The van der Waals surface area contributed by atoms with E-state index in [2.05, 4.69) is 15.3 Å². The Morgan fingerprint density at radius 3 is 2.34 bits per heavy atom. The molecule has 4 rings (SSSR count). The first-order valence-corrected chi connectivity index (χ1v) is 11.2. The van der Waals surface area contributed by atoms with Gasteiger partial charge < -0.3 is 5.32 Å². The summed E-state index contributed by atoms with van der Waals surface area (Å²) in [4.78, 5) is 37.0. The Balaban J connectivity index is 1.77. The van der Waals surface area contributed by atoms with Crippen LogP contribution in [0.2, 0.25) is 5.02 Å². The minimum Gasteiger partial charge on any atom is -0.351 e. The van der Waals surface area contributed by atoms with Gasteiger partial charge in [-0.15, -0.1) is 0 Å². The minimum atomic E-state index is -0.867. The van der Waals surface area contributed by atoms with Crippen molar-refractivity contribution in [2.75, 3.05) is 4.90 Å². The summed E-state index contributed by atoms with van der Waals surface area (Å²) in [5, 5.41) is 3.74. The highest BCUT2D eigenvalue weighted by atomic mass is 35.5. The molecule has 1 fully saturated rings. The van der Waals surface area contributed by atoms with Gasteiger partial charge in [-0.05, 0) is 42.7 Å². The Morgan fingerprint density at radius 1 is 0.969 bits per heavy atom. The van der Waals surface area contributed by atoms with Gasteiger partial charge in [-0.3, -0.25) is 19.5 Å². The van der Waals surface area contributed by atoms with Crippen molar-refractivity contribution < 1.29 is 9.59 Å². The first kappa shape index (κ1) is 22.0. The molecule has 1 aliphatic rings. The summed E-state index contributed by atoms with van der Waals surface area (Å²) >= 11 is 6.10. The number of carbonyl (C=O) groups is 2. The van der Waals surface area contributed by atoms with Crippen molar-refractivity contribution in [2.24, 2.45) is 0 Å². The van der Waals surface area contributed by atoms with Crippen molar-refractivity contribution in [1.29, 1.82) is 0 Å². The molecule has 1 aromatic heterocycles. The molecule has 6 nitrogen and oxygen atoms in total. The van der Waals surface area contributed by atoms with Crippen LogP contribution in [0, 0.1) is 0 Å². The van der Waals surface area contributed by atoms with Gasteiger partial charge in [0.2, 0.25) is 5.91 Å². The topological polar surface area (TPSA) is 75.2 Å². The summed E-state index contributed by atoms with van der Waals surface area (Å²) in [6, 6.07) is 15.5. The monoisotopic (exact) mass is 448 g/mol. The zero-order valence-electron chi connectivity index (χ0n) is 17.7. The number of benzene rings is 2. The standard InChI is InChI=1S/C25H25ClN4O2/c26-19-11-13-21(14-12-19)30(25(32)22-17-27-15-16-28-22)23(18-7-3-1-4-8-18)24(31)29-20-9-5-2-6-10-20/h1,3-4,7-8,11-17,20,23H,2,5-6,9-10H2,(H,29,31). The summed E-state index contributed by atoms with van der Waals surface area (Å²) in [6.07, 6.45) is 9.67. The van der Waals surface area contributed by atoms with Crippen molar-refractivity contribution in [1.82, 2.24) is 15.3 Å². The summed E-state index contributed by atoms with van der Waals surface area (Å²) in [6.45, 7) is 0. The number of rotatable bonds is 6. The van der Waals surface area contributed by atoms with E-state index < -0.39 is 11.9 Å². The van der Waals surface area contributed by atoms with E-state index in [-0.39, 0.29) is 17.6 Å². The van der Waals surface area contributed by atoms with E-state index in [9.17, 15) is 9.59 Å². The molecule has 1 unspecified atom stereocenters. The van der Waals surface area contributed by atoms with Crippen molar-refractivity contribution in [2.45, 2.75) is 44.2 Å². The number of anilines is 1. The molecule has 2 aromatic carbocycles. The molecule has 0 aliphatic heterocycles. The largest absolute Gasteiger partial charge is 0.351 e. The van der Waals surface area contributed by atoms with Crippen LogP contribution in [0.1, 0.15) is 54.2 Å². The van der Waals surface area contributed by atoms with E-state index in [1.165, 1.54) is 29.9 Å². The van der Waals surface area contributed by atoms with E-state index in [1.807, 2.05) is 30.3 Å². The fourth-order valence-corrected chi connectivity index (χ4v) is 4.22. The molecule has 1 aliphatic carbocycles. The lowest BCUT2D eigenvalue weighted by atomic mass is 9.94. The van der Waals surface area contributed by atoms with E-state index in [0.717, 1.165) is 25.7 Å². The Hall–Kier alpha value is -3.25. The number of hydrogen-bond acceptors (Lipinski definition) is 4. The van der Waals surface area contributed by atoms with Crippen LogP contribution in [-0.4, -0.2) is 27.8 Å². The average Bonchev–Trinajstić information content (AvgIpc) is 2.84. The van der Waals surface area contributed by atoms with Crippen molar-refractivity contribution in [3.8, 4) is 0 Å². The van der Waals surface area contributed by atoms with E-state index >= 15 is 0 Å². The summed E-state index contributed by atoms with van der Waals surface area (Å²) in [7, 11) is 0. The smallest absolute Gasteiger partial charge is 0.279 e. The second-order valence-corrected chi connectivity index (χ2v) is 8.34. The Bertz CT molecular complexity index is 1040. The third kappa shape index (κ3) is 5.14. The fraction of sp³-hybridized carbons (Fsp3) is 0.280. The Morgan fingerprint density at radius 2 is 1.69 bits per heavy atom. The molecule has 1 atom stereocenters. The van der Waals surface area contributed by atoms with Crippen molar-refractivity contribution >= 4 is 29.1 Å². The van der Waals surface area contributed by atoms with Crippen molar-refractivity contribution in [3.63, 3.8) is 0 Å². The number of carbonyl (C=O) groups excluding carboxylic acids is 2. The maximum atomic E-state index is 13.7. The van der Waals surface area contributed by atoms with Crippen molar-refractivity contribution in [3.05, 3.63) is 89.5 Å². The number of nitrogens with one attached hydrogen (secondary N) is 1. The van der Waals surface area contributed by atoms with E-state index in [0.29, 0.717) is 16.3 Å². The molecule has 1 heterocycles. The van der Waals surface area contributed by atoms with Gasteiger partial charge >= 0.3 is 0 Å². The molecule has 0 saturated heterocycles. The van der Waals surface area contributed by atoms with Crippen LogP contribution in [0.4, 0.5) is 5.69 Å². The summed E-state index contributed by atoms with van der Waals surface area (Å²) in [5.41, 5.74) is 1.43. The lowest BCUT2D eigenvalue weighted by molar-refractivity contribution is -0.123. The lowest BCUT2D eigenvalue weighted by Crippen LogP contribution is -2.47. The molecule has 164 valence electrons. The van der Waals surface area contributed by atoms with E-state index in [1.54, 1.807) is 24.3 Å². The normalized spacial score (nSPS) is 15.0. The van der Waals surface area contributed by atoms with Crippen LogP contribution in [-0.2, 0) is 4.79 Å². The minimum absolute atomic E-state index is 0.112. The Labute approximate surface area is 192 Å². The molecule has 1 saturated carbocycles. The number of halogens is 1. The third-order valence-corrected chi connectivity index (χ3v) is 5.93. The Kier molecular flexibility index (Phi) is 7.12. The molecule has 2 amide bonds. The number of amides is 2. The SMILES string of the molecule is O=C(NC1CCCCC1)C(c1ccccc1)N(C(=O)c1cnccn1)c1ccc(Cl)cc1. The quantitative estimate of drug-likeness (QED) is 0.577. The van der Waals surface area contributed by atoms with Crippen LogP contribution in [0.5, 0.6) is 0 Å². The molecule has 7 heteroatoms. The van der Waals surface area contributed by atoms with Gasteiger partial charge in [0.1, 0.15) is 11.7 Å². The highest BCUT2D eigenvalue weighted by Gasteiger charge is 2.35. The van der Waals surface area contributed by atoms with Crippen LogP contribution < -0.4 is 10.2 Å². The molecular formula is C25H25ClN4O2. The summed E-state index contributed by atoms with van der Waals surface area (Å²) in [5.74, 6) is -0.622. The number of aromatic nitrogens is 2. The third-order valence-electron chi connectivity index (χ3n) is 5.68. The zero-order valence-corrected chi connectivity index (χ0v) is 18.4. The van der Waals surface area contributed by atoms with Gasteiger partial charge in [0, 0.05) is 29.1 Å². The van der Waals surface area contributed by atoms with E-state index in [4.69, 9.17) is 11.6 Å². The van der Waals surface area contributed by atoms with Crippen LogP contribution in [0.25, 0.3) is 0 Å². The molecule has 0 bridgehead atoms. The summed E-state index contributed by atoms with van der Waals surface area (Å²) < 4.78 is 0. The van der Waals surface area contributed by atoms with Gasteiger partial charge in [-0.1, -0.05) is 61.2 Å². The second-order valence-electron chi connectivity index (χ2n) is 7.90.